The van der Waals surface area contributed by atoms with E-state index in [0.717, 1.165) is 19.3 Å². The van der Waals surface area contributed by atoms with Gasteiger partial charge in [-0.3, -0.25) is 4.79 Å². The van der Waals surface area contributed by atoms with Crippen LogP contribution in [0.3, 0.4) is 0 Å². The van der Waals surface area contributed by atoms with Gasteiger partial charge >= 0.3 is 0 Å². The number of nitrogens with one attached hydrogen (secondary N) is 1. The molecule has 0 radical (unpaired) electrons. The van der Waals surface area contributed by atoms with Crippen molar-refractivity contribution in [1.29, 1.82) is 0 Å². The lowest BCUT2D eigenvalue weighted by Crippen LogP contribution is -2.59. The molecule has 0 aromatic rings. The third-order valence-electron chi connectivity index (χ3n) is 4.58. The Morgan fingerprint density at radius 2 is 1.85 bits per heavy atom. The van der Waals surface area contributed by atoms with Gasteiger partial charge < -0.3 is 35.2 Å². The number of ether oxygens (including phenoxy) is 2. The molecule has 1 amide bonds. The minimum Gasteiger partial charge on any atom is -0.394 e. The molecule has 1 aliphatic heterocycles. The molecule has 0 aromatic heterocycles. The van der Waals surface area contributed by atoms with Crippen molar-refractivity contribution in [3.05, 3.63) is 0 Å². The summed E-state index contributed by atoms with van der Waals surface area (Å²) in [4.78, 5) is 11.9. The summed E-state index contributed by atoms with van der Waals surface area (Å²) in [6.45, 7) is 3.91. The van der Waals surface area contributed by atoms with Gasteiger partial charge in [0.05, 0.1) is 6.61 Å². The van der Waals surface area contributed by atoms with E-state index < -0.39 is 37.3 Å². The molecule has 1 saturated heterocycles. The predicted molar refractivity (Wildman–Crippen MR) is 95.3 cm³/mol. The highest BCUT2D eigenvalue weighted by atomic mass is 16.7. The summed E-state index contributed by atoms with van der Waals surface area (Å²) in [5.41, 5.74) is 0. The maximum Gasteiger partial charge on any atom is 0.220 e. The zero-order chi connectivity index (χ0) is 19.5. The molecular weight excluding hydrogens is 342 g/mol. The van der Waals surface area contributed by atoms with Gasteiger partial charge in [-0.15, -0.1) is 0 Å². The number of rotatable bonds is 12. The number of amides is 1. The average Bonchev–Trinajstić information content (AvgIpc) is 2.61. The van der Waals surface area contributed by atoms with Crippen LogP contribution < -0.4 is 5.32 Å². The first kappa shape index (κ1) is 23.3. The second-order valence-corrected chi connectivity index (χ2v) is 6.99. The van der Waals surface area contributed by atoms with Gasteiger partial charge in [-0.05, 0) is 26.2 Å². The van der Waals surface area contributed by atoms with Crippen molar-refractivity contribution in [2.75, 3.05) is 13.2 Å². The molecule has 0 spiro atoms. The number of carbonyl (C=O) groups is 1. The van der Waals surface area contributed by atoms with Crippen molar-refractivity contribution < 1.29 is 34.7 Å². The van der Waals surface area contributed by atoms with Crippen LogP contribution in [0, 0.1) is 0 Å². The number of aliphatic hydroxyl groups is 4. The minimum atomic E-state index is -1.44. The van der Waals surface area contributed by atoms with E-state index in [0.29, 0.717) is 19.3 Å². The Hall–Kier alpha value is -0.770. The first-order valence-electron chi connectivity index (χ1n) is 9.62. The van der Waals surface area contributed by atoms with Gasteiger partial charge in [0.25, 0.3) is 0 Å². The molecular formula is C18H35NO7. The molecule has 6 atom stereocenters. The van der Waals surface area contributed by atoms with E-state index in [1.165, 1.54) is 6.42 Å². The standard InChI is InChI=1S/C18H35NO7/c1-3-4-5-8-12(2)19-14(21)9-6-7-10-25-18-17(24)16(23)15(22)13(11-20)26-18/h12-13,15-18,20,22-24H,3-11H2,1-2H3,(H,19,21)/t12-,13?,15?,16?,17?,18?/m0/s1. The number of hydrogen-bond donors (Lipinski definition) is 5. The van der Waals surface area contributed by atoms with E-state index >= 15 is 0 Å². The predicted octanol–water partition coefficient (Wildman–Crippen LogP) is 0.0582. The molecule has 8 heteroatoms. The average molecular weight is 377 g/mol. The zero-order valence-corrected chi connectivity index (χ0v) is 15.8. The molecule has 1 aliphatic rings. The monoisotopic (exact) mass is 377 g/mol. The molecule has 0 aromatic carbocycles. The van der Waals surface area contributed by atoms with Crippen molar-refractivity contribution in [3.8, 4) is 0 Å². The second kappa shape index (κ2) is 12.6. The van der Waals surface area contributed by atoms with Gasteiger partial charge in [0.2, 0.25) is 5.91 Å². The largest absolute Gasteiger partial charge is 0.394 e. The Morgan fingerprint density at radius 3 is 2.50 bits per heavy atom. The fourth-order valence-corrected chi connectivity index (χ4v) is 2.91. The second-order valence-electron chi connectivity index (χ2n) is 6.99. The summed E-state index contributed by atoms with van der Waals surface area (Å²) >= 11 is 0. The maximum absolute atomic E-state index is 11.9. The van der Waals surface area contributed by atoms with Crippen LogP contribution in [0.2, 0.25) is 0 Å². The first-order chi connectivity index (χ1) is 12.4. The Labute approximate surface area is 155 Å². The topological polar surface area (TPSA) is 128 Å². The molecule has 154 valence electrons. The van der Waals surface area contributed by atoms with Gasteiger partial charge in [-0.1, -0.05) is 26.2 Å². The molecule has 26 heavy (non-hydrogen) atoms. The first-order valence-corrected chi connectivity index (χ1v) is 9.62. The third kappa shape index (κ3) is 7.85. The molecule has 0 saturated carbocycles. The van der Waals surface area contributed by atoms with Crippen LogP contribution in [-0.4, -0.2) is 76.3 Å². The number of unbranched alkanes of at least 4 members (excludes halogenated alkanes) is 3. The summed E-state index contributed by atoms with van der Waals surface area (Å²) in [5.74, 6) is 0.0156. The Bertz CT molecular complexity index is 394. The van der Waals surface area contributed by atoms with Crippen LogP contribution in [0.4, 0.5) is 0 Å². The highest BCUT2D eigenvalue weighted by molar-refractivity contribution is 5.76. The lowest BCUT2D eigenvalue weighted by Gasteiger charge is -2.39. The summed E-state index contributed by atoms with van der Waals surface area (Å²) < 4.78 is 10.6. The van der Waals surface area contributed by atoms with E-state index in [-0.39, 0.29) is 18.6 Å². The smallest absolute Gasteiger partial charge is 0.220 e. The van der Waals surface area contributed by atoms with Gasteiger partial charge in [0.15, 0.2) is 6.29 Å². The number of carbonyl (C=O) groups excluding carboxylic acids is 1. The van der Waals surface area contributed by atoms with Crippen molar-refractivity contribution in [1.82, 2.24) is 5.32 Å². The molecule has 5 N–H and O–H groups in total. The maximum atomic E-state index is 11.9. The van der Waals surface area contributed by atoms with Crippen LogP contribution >= 0.6 is 0 Å². The highest BCUT2D eigenvalue weighted by Crippen LogP contribution is 2.22. The highest BCUT2D eigenvalue weighted by Gasteiger charge is 2.43. The molecule has 0 bridgehead atoms. The van der Waals surface area contributed by atoms with Crippen molar-refractivity contribution in [2.45, 2.75) is 95.5 Å². The summed E-state index contributed by atoms with van der Waals surface area (Å²) in [6.07, 6.45) is -0.247. The lowest BCUT2D eigenvalue weighted by atomic mass is 9.99. The summed E-state index contributed by atoms with van der Waals surface area (Å²) in [6, 6.07) is 0.180. The molecule has 1 heterocycles. The van der Waals surface area contributed by atoms with Crippen LogP contribution in [0.5, 0.6) is 0 Å². The molecule has 1 rings (SSSR count). The van der Waals surface area contributed by atoms with E-state index in [9.17, 15) is 20.1 Å². The number of aliphatic hydroxyl groups excluding tert-OH is 4. The minimum absolute atomic E-state index is 0.0156. The SMILES string of the molecule is CCCCC[C@H](C)NC(=O)CCCCOC1OC(CO)C(O)C(O)C1O. The third-order valence-corrected chi connectivity index (χ3v) is 4.58. The summed E-state index contributed by atoms with van der Waals surface area (Å²) in [5, 5.41) is 41.3. The van der Waals surface area contributed by atoms with E-state index in [1.54, 1.807) is 0 Å². The van der Waals surface area contributed by atoms with Gasteiger partial charge in [-0.25, -0.2) is 0 Å². The van der Waals surface area contributed by atoms with Crippen LogP contribution in [0.15, 0.2) is 0 Å². The number of hydrogen-bond acceptors (Lipinski definition) is 7. The van der Waals surface area contributed by atoms with Gasteiger partial charge in [0.1, 0.15) is 24.4 Å². The summed E-state index contributed by atoms with van der Waals surface area (Å²) in [7, 11) is 0. The van der Waals surface area contributed by atoms with Crippen molar-refractivity contribution in [3.63, 3.8) is 0 Å². The van der Waals surface area contributed by atoms with Crippen LogP contribution in [-0.2, 0) is 14.3 Å². The van der Waals surface area contributed by atoms with Gasteiger partial charge in [0, 0.05) is 19.1 Å². The fourth-order valence-electron chi connectivity index (χ4n) is 2.91. The zero-order valence-electron chi connectivity index (χ0n) is 15.8. The van der Waals surface area contributed by atoms with E-state index in [1.807, 2.05) is 6.92 Å². The quantitative estimate of drug-likeness (QED) is 0.304. The molecule has 5 unspecified atom stereocenters. The van der Waals surface area contributed by atoms with Crippen LogP contribution in [0.1, 0.15) is 58.8 Å². The Kier molecular flexibility index (Phi) is 11.3. The fraction of sp³-hybridized carbons (Fsp3) is 0.944. The Balaban J connectivity index is 2.17. The van der Waals surface area contributed by atoms with E-state index in [4.69, 9.17) is 14.6 Å². The van der Waals surface area contributed by atoms with Crippen molar-refractivity contribution in [2.24, 2.45) is 0 Å². The Morgan fingerprint density at radius 1 is 1.12 bits per heavy atom. The van der Waals surface area contributed by atoms with E-state index in [2.05, 4.69) is 12.2 Å². The lowest BCUT2D eigenvalue weighted by molar-refractivity contribution is -0.301. The molecule has 8 nitrogen and oxygen atoms in total. The van der Waals surface area contributed by atoms with Crippen LogP contribution in [0.25, 0.3) is 0 Å². The molecule has 1 fully saturated rings. The normalized spacial score (nSPS) is 30.2. The molecule has 0 aliphatic carbocycles. The van der Waals surface area contributed by atoms with Gasteiger partial charge in [-0.2, -0.15) is 0 Å². The van der Waals surface area contributed by atoms with Crippen molar-refractivity contribution >= 4 is 5.91 Å².